The van der Waals surface area contributed by atoms with Gasteiger partial charge < -0.3 is 4.57 Å². The van der Waals surface area contributed by atoms with E-state index in [1.807, 2.05) is 6.07 Å². The molecule has 1 aliphatic carbocycles. The normalized spacial score (nSPS) is 27.3. The summed E-state index contributed by atoms with van der Waals surface area (Å²) in [7, 11) is 0. The zero-order chi connectivity index (χ0) is 13.6. The first-order chi connectivity index (χ1) is 9.11. The largest absolute Gasteiger partial charge is 0.308 e. The van der Waals surface area contributed by atoms with Gasteiger partial charge in [-0.1, -0.05) is 25.4 Å². The molecule has 2 aromatic rings. The van der Waals surface area contributed by atoms with E-state index in [1.54, 1.807) is 6.20 Å². The van der Waals surface area contributed by atoms with Crippen molar-refractivity contribution in [3.8, 4) is 0 Å². The van der Waals surface area contributed by atoms with E-state index in [0.29, 0.717) is 22.9 Å². The minimum Gasteiger partial charge on any atom is -0.308 e. The highest BCUT2D eigenvalue weighted by atomic mass is 35.5. The molecule has 2 heterocycles. The molecule has 19 heavy (non-hydrogen) atoms. The number of rotatable bonds is 2. The molecule has 0 radical (unpaired) electrons. The van der Waals surface area contributed by atoms with E-state index >= 15 is 0 Å². The lowest BCUT2D eigenvalue weighted by atomic mass is 9.97. The second-order valence-electron chi connectivity index (χ2n) is 5.51. The number of fused-ring (bicyclic) bond motifs is 1. The number of pyridine rings is 1. The summed E-state index contributed by atoms with van der Waals surface area (Å²) in [5, 5.41) is 0.617. The number of nitrogens with zero attached hydrogens (tertiary/aromatic N) is 3. The van der Waals surface area contributed by atoms with Crippen molar-refractivity contribution in [3.05, 3.63) is 23.1 Å². The van der Waals surface area contributed by atoms with Gasteiger partial charge in [0, 0.05) is 12.2 Å². The molecule has 3 atom stereocenters. The number of aromatic nitrogens is 3. The zero-order valence-electron chi connectivity index (χ0n) is 11.1. The van der Waals surface area contributed by atoms with Crippen LogP contribution < -0.4 is 0 Å². The fourth-order valence-corrected chi connectivity index (χ4v) is 3.49. The van der Waals surface area contributed by atoms with Gasteiger partial charge in [-0.15, -0.1) is 11.6 Å². The standard InChI is InChI=1S/C14H17Cl2N3/c1-8-3-4-12(9(8)2)19-13(6-15)18-11-5-10(16)7-17-14(11)19/h5,7-9,12H,3-4,6H2,1-2H3. The summed E-state index contributed by atoms with van der Waals surface area (Å²) in [4.78, 5) is 9.04. The third-order valence-corrected chi connectivity index (χ3v) is 4.89. The Kier molecular flexibility index (Phi) is 3.44. The van der Waals surface area contributed by atoms with Crippen LogP contribution in [0.4, 0.5) is 0 Å². The van der Waals surface area contributed by atoms with E-state index in [0.717, 1.165) is 22.9 Å². The summed E-state index contributed by atoms with van der Waals surface area (Å²) in [6, 6.07) is 2.31. The molecule has 0 spiro atoms. The second kappa shape index (κ2) is 4.95. The molecular formula is C14H17Cl2N3. The molecule has 1 saturated carbocycles. The summed E-state index contributed by atoms with van der Waals surface area (Å²) in [6.45, 7) is 4.62. The Hall–Kier alpha value is -0.800. The molecule has 2 aromatic heterocycles. The van der Waals surface area contributed by atoms with E-state index in [1.165, 1.54) is 12.8 Å². The molecule has 3 unspecified atom stereocenters. The van der Waals surface area contributed by atoms with Gasteiger partial charge in [0.25, 0.3) is 0 Å². The lowest BCUT2D eigenvalue weighted by Gasteiger charge is -2.21. The first-order valence-electron chi connectivity index (χ1n) is 6.70. The Balaban J connectivity index is 2.16. The van der Waals surface area contributed by atoms with E-state index in [-0.39, 0.29) is 0 Å². The first-order valence-corrected chi connectivity index (χ1v) is 7.61. The molecule has 0 aromatic carbocycles. The number of hydrogen-bond donors (Lipinski definition) is 0. The summed E-state index contributed by atoms with van der Waals surface area (Å²) >= 11 is 12.1. The Morgan fingerprint density at radius 1 is 1.37 bits per heavy atom. The van der Waals surface area contributed by atoms with Crippen LogP contribution in [0.3, 0.4) is 0 Å². The average Bonchev–Trinajstić information content (AvgIpc) is 2.90. The maximum absolute atomic E-state index is 6.06. The molecule has 0 aliphatic heterocycles. The van der Waals surface area contributed by atoms with Crippen LogP contribution in [-0.4, -0.2) is 14.5 Å². The maximum atomic E-state index is 6.06. The highest BCUT2D eigenvalue weighted by molar-refractivity contribution is 6.31. The smallest absolute Gasteiger partial charge is 0.160 e. The monoisotopic (exact) mass is 297 g/mol. The predicted molar refractivity (Wildman–Crippen MR) is 78.7 cm³/mol. The molecule has 0 N–H and O–H groups in total. The zero-order valence-corrected chi connectivity index (χ0v) is 12.6. The van der Waals surface area contributed by atoms with E-state index in [9.17, 15) is 0 Å². The van der Waals surface area contributed by atoms with Gasteiger partial charge in [-0.25, -0.2) is 9.97 Å². The molecule has 0 amide bonds. The third-order valence-electron chi connectivity index (χ3n) is 4.44. The van der Waals surface area contributed by atoms with Gasteiger partial charge in [0.1, 0.15) is 11.3 Å². The Morgan fingerprint density at radius 3 is 2.79 bits per heavy atom. The van der Waals surface area contributed by atoms with Crippen molar-refractivity contribution in [1.82, 2.24) is 14.5 Å². The van der Waals surface area contributed by atoms with Gasteiger partial charge in [-0.3, -0.25) is 0 Å². The molecule has 0 saturated heterocycles. The van der Waals surface area contributed by atoms with Crippen molar-refractivity contribution >= 4 is 34.4 Å². The molecular weight excluding hydrogens is 281 g/mol. The van der Waals surface area contributed by atoms with Crippen LogP contribution in [-0.2, 0) is 5.88 Å². The maximum Gasteiger partial charge on any atom is 0.160 e. The van der Waals surface area contributed by atoms with Crippen molar-refractivity contribution in [2.24, 2.45) is 11.8 Å². The van der Waals surface area contributed by atoms with Crippen molar-refractivity contribution in [1.29, 1.82) is 0 Å². The van der Waals surface area contributed by atoms with Crippen LogP contribution in [0.1, 0.15) is 38.6 Å². The summed E-state index contributed by atoms with van der Waals surface area (Å²) in [5.74, 6) is 2.66. The van der Waals surface area contributed by atoms with Crippen LogP contribution >= 0.6 is 23.2 Å². The van der Waals surface area contributed by atoms with Gasteiger partial charge in [-0.2, -0.15) is 0 Å². The SMILES string of the molecule is CC1CCC(n2c(CCl)nc3cc(Cl)cnc32)C1C. The first kappa shape index (κ1) is 13.2. The Bertz CT molecular complexity index is 608. The molecule has 3 nitrogen and oxygen atoms in total. The van der Waals surface area contributed by atoms with Gasteiger partial charge in [0.2, 0.25) is 0 Å². The summed E-state index contributed by atoms with van der Waals surface area (Å²) in [6.07, 6.45) is 4.10. The highest BCUT2D eigenvalue weighted by Crippen LogP contribution is 2.41. The fraction of sp³-hybridized carbons (Fsp3) is 0.571. The van der Waals surface area contributed by atoms with Gasteiger partial charge in [0.05, 0.1) is 10.9 Å². The van der Waals surface area contributed by atoms with E-state index in [4.69, 9.17) is 23.2 Å². The topological polar surface area (TPSA) is 30.7 Å². The second-order valence-corrected chi connectivity index (χ2v) is 6.21. The van der Waals surface area contributed by atoms with Crippen LogP contribution in [0, 0.1) is 11.8 Å². The van der Waals surface area contributed by atoms with Crippen LogP contribution in [0.15, 0.2) is 12.3 Å². The summed E-state index contributed by atoms with van der Waals surface area (Å²) < 4.78 is 2.23. The number of alkyl halides is 1. The van der Waals surface area contributed by atoms with Gasteiger partial charge in [0.15, 0.2) is 5.65 Å². The van der Waals surface area contributed by atoms with Crippen LogP contribution in [0.2, 0.25) is 5.02 Å². The molecule has 1 fully saturated rings. The lowest BCUT2D eigenvalue weighted by Crippen LogP contribution is -2.17. The Labute approximate surface area is 122 Å². The minimum atomic E-state index is 0.408. The number of halogens is 2. The molecule has 0 bridgehead atoms. The lowest BCUT2D eigenvalue weighted by molar-refractivity contribution is 0.353. The van der Waals surface area contributed by atoms with E-state index in [2.05, 4.69) is 28.4 Å². The van der Waals surface area contributed by atoms with Crippen molar-refractivity contribution in [3.63, 3.8) is 0 Å². The van der Waals surface area contributed by atoms with Crippen LogP contribution in [0.25, 0.3) is 11.2 Å². The number of hydrogen-bond acceptors (Lipinski definition) is 2. The minimum absolute atomic E-state index is 0.408. The van der Waals surface area contributed by atoms with Crippen LogP contribution in [0.5, 0.6) is 0 Å². The average molecular weight is 298 g/mol. The van der Waals surface area contributed by atoms with Gasteiger partial charge >= 0.3 is 0 Å². The van der Waals surface area contributed by atoms with Crippen molar-refractivity contribution in [2.45, 2.75) is 38.6 Å². The summed E-state index contributed by atoms with van der Waals surface area (Å²) in [5.41, 5.74) is 1.75. The molecule has 102 valence electrons. The number of imidazole rings is 1. The molecule has 1 aliphatic rings. The highest BCUT2D eigenvalue weighted by Gasteiger charge is 2.33. The van der Waals surface area contributed by atoms with Crippen molar-refractivity contribution < 1.29 is 0 Å². The third kappa shape index (κ3) is 2.13. The quantitative estimate of drug-likeness (QED) is 0.768. The van der Waals surface area contributed by atoms with Crippen molar-refractivity contribution in [2.75, 3.05) is 0 Å². The molecule has 3 rings (SSSR count). The fourth-order valence-electron chi connectivity index (χ4n) is 3.15. The Morgan fingerprint density at radius 2 is 2.16 bits per heavy atom. The predicted octanol–water partition coefficient (Wildman–Crippen LogP) is 4.43. The van der Waals surface area contributed by atoms with Gasteiger partial charge in [-0.05, 0) is 30.7 Å². The molecule has 5 heteroatoms. The van der Waals surface area contributed by atoms with E-state index < -0.39 is 0 Å².